The predicted octanol–water partition coefficient (Wildman–Crippen LogP) is 3.25. The van der Waals surface area contributed by atoms with E-state index in [1.54, 1.807) is 0 Å². The van der Waals surface area contributed by atoms with E-state index in [0.29, 0.717) is 0 Å². The Balaban J connectivity index is 2.82. The number of aliphatic carboxylic acids is 1. The molecule has 1 aromatic rings. The van der Waals surface area contributed by atoms with Crippen molar-refractivity contribution in [3.63, 3.8) is 0 Å². The lowest BCUT2D eigenvalue weighted by molar-refractivity contribution is -0.143. The number of carbonyl (C=O) groups is 1. The molecule has 118 valence electrons. The number of carboxylic acid groups (broad SMARTS) is 1. The molecule has 0 saturated heterocycles. The molecule has 0 aromatic heterocycles. The van der Waals surface area contributed by atoms with Crippen LogP contribution in [0.2, 0.25) is 0 Å². The quantitative estimate of drug-likeness (QED) is 0.874. The maximum Gasteiger partial charge on any atom is 0.323 e. The monoisotopic (exact) mass is 293 g/mol. The Morgan fingerprint density at radius 2 is 1.90 bits per heavy atom. The average molecular weight is 293 g/mol. The van der Waals surface area contributed by atoms with Crippen LogP contribution in [0.3, 0.4) is 0 Å². The highest BCUT2D eigenvalue weighted by Gasteiger charge is 2.30. The summed E-state index contributed by atoms with van der Waals surface area (Å²) in [5.41, 5.74) is 6.86. The molecule has 0 bridgehead atoms. The van der Waals surface area contributed by atoms with Gasteiger partial charge < -0.3 is 15.6 Å². The van der Waals surface area contributed by atoms with Gasteiger partial charge >= 0.3 is 5.97 Å². The number of hydrogen-bond acceptors (Lipinski definition) is 3. The molecule has 2 atom stereocenters. The lowest BCUT2D eigenvalue weighted by atomic mass is 9.86. The van der Waals surface area contributed by atoms with Gasteiger partial charge in [0.2, 0.25) is 0 Å². The maximum absolute atomic E-state index is 11.1. The van der Waals surface area contributed by atoms with Gasteiger partial charge in [-0.1, -0.05) is 32.9 Å². The minimum atomic E-state index is -1.28. The molecule has 0 aliphatic heterocycles. The van der Waals surface area contributed by atoms with E-state index < -0.39 is 11.5 Å². The Hall–Kier alpha value is -1.55. The van der Waals surface area contributed by atoms with Crippen molar-refractivity contribution in [3.05, 3.63) is 29.3 Å². The van der Waals surface area contributed by atoms with E-state index in [1.807, 2.05) is 26.0 Å². The van der Waals surface area contributed by atoms with Crippen molar-refractivity contribution in [2.24, 2.45) is 5.73 Å². The molecule has 0 saturated carbocycles. The van der Waals surface area contributed by atoms with Crippen molar-refractivity contribution < 1.29 is 14.6 Å². The Labute approximate surface area is 127 Å². The van der Waals surface area contributed by atoms with Gasteiger partial charge in [0.1, 0.15) is 11.3 Å². The average Bonchev–Trinajstić information content (AvgIpc) is 2.29. The third kappa shape index (κ3) is 4.74. The zero-order valence-electron chi connectivity index (χ0n) is 13.9. The first kappa shape index (κ1) is 17.5. The number of nitrogens with two attached hydrogens (primary N) is 1. The normalized spacial score (nSPS) is 16.1. The molecule has 0 spiro atoms. The fraction of sp³-hybridized carbons (Fsp3) is 0.588. The van der Waals surface area contributed by atoms with Gasteiger partial charge in [-0.3, -0.25) is 4.79 Å². The standard InChI is InChI=1S/C17H27NO3/c1-11-9-13(16(3,4)5)7-8-14(11)21-12(2)10-17(6,18)15(19)20/h7-9,12H,10,18H2,1-6H3,(H,19,20). The van der Waals surface area contributed by atoms with Gasteiger partial charge in [0.15, 0.2) is 0 Å². The van der Waals surface area contributed by atoms with Gasteiger partial charge in [-0.15, -0.1) is 0 Å². The van der Waals surface area contributed by atoms with Crippen LogP contribution in [0.25, 0.3) is 0 Å². The molecule has 0 amide bonds. The molecule has 1 aromatic carbocycles. The lowest BCUT2D eigenvalue weighted by Crippen LogP contribution is -2.47. The van der Waals surface area contributed by atoms with E-state index >= 15 is 0 Å². The summed E-state index contributed by atoms with van der Waals surface area (Å²) in [5.74, 6) is -0.241. The predicted molar refractivity (Wildman–Crippen MR) is 84.8 cm³/mol. The number of carboxylic acids is 1. The largest absolute Gasteiger partial charge is 0.490 e. The van der Waals surface area contributed by atoms with Gasteiger partial charge in [0.05, 0.1) is 6.10 Å². The summed E-state index contributed by atoms with van der Waals surface area (Å²) < 4.78 is 5.86. The summed E-state index contributed by atoms with van der Waals surface area (Å²) in [6, 6.07) is 6.11. The van der Waals surface area contributed by atoms with E-state index in [0.717, 1.165) is 11.3 Å². The zero-order valence-corrected chi connectivity index (χ0v) is 13.9. The van der Waals surface area contributed by atoms with E-state index in [9.17, 15) is 4.79 Å². The summed E-state index contributed by atoms with van der Waals surface area (Å²) in [5, 5.41) is 9.06. The minimum absolute atomic E-state index is 0.0913. The summed E-state index contributed by atoms with van der Waals surface area (Å²) >= 11 is 0. The molecule has 3 N–H and O–H groups in total. The third-order valence-corrected chi connectivity index (χ3v) is 3.57. The number of ether oxygens (including phenoxy) is 1. The first-order chi connectivity index (χ1) is 9.43. The molecular weight excluding hydrogens is 266 g/mol. The highest BCUT2D eigenvalue weighted by Crippen LogP contribution is 2.28. The fourth-order valence-electron chi connectivity index (χ4n) is 2.19. The van der Waals surface area contributed by atoms with Crippen molar-refractivity contribution in [1.82, 2.24) is 0 Å². The van der Waals surface area contributed by atoms with Crippen LogP contribution in [0.15, 0.2) is 18.2 Å². The van der Waals surface area contributed by atoms with Crippen LogP contribution >= 0.6 is 0 Å². The van der Waals surface area contributed by atoms with Gasteiger partial charge in [-0.05, 0) is 43.4 Å². The Morgan fingerprint density at radius 3 is 2.33 bits per heavy atom. The van der Waals surface area contributed by atoms with Crippen LogP contribution in [0.5, 0.6) is 5.75 Å². The molecule has 4 nitrogen and oxygen atoms in total. The first-order valence-electron chi connectivity index (χ1n) is 7.23. The molecule has 0 radical (unpaired) electrons. The van der Waals surface area contributed by atoms with Gasteiger partial charge in [-0.2, -0.15) is 0 Å². The van der Waals surface area contributed by atoms with Crippen molar-refractivity contribution in [3.8, 4) is 5.75 Å². The first-order valence-corrected chi connectivity index (χ1v) is 7.23. The van der Waals surface area contributed by atoms with E-state index in [1.165, 1.54) is 12.5 Å². The molecule has 2 unspecified atom stereocenters. The summed E-state index contributed by atoms with van der Waals surface area (Å²) in [4.78, 5) is 11.1. The zero-order chi connectivity index (χ0) is 16.4. The van der Waals surface area contributed by atoms with E-state index in [2.05, 4.69) is 26.8 Å². The van der Waals surface area contributed by atoms with Crippen LogP contribution in [0.4, 0.5) is 0 Å². The summed E-state index contributed by atoms with van der Waals surface area (Å²) in [6.07, 6.45) is -0.0155. The van der Waals surface area contributed by atoms with Crippen molar-refractivity contribution in [1.29, 1.82) is 0 Å². The van der Waals surface area contributed by atoms with Gasteiger partial charge in [0, 0.05) is 6.42 Å². The Kier molecular flexibility index (Phi) is 5.05. The molecule has 0 fully saturated rings. The molecule has 1 rings (SSSR count). The van der Waals surface area contributed by atoms with Crippen LogP contribution in [-0.4, -0.2) is 22.7 Å². The topological polar surface area (TPSA) is 72.5 Å². The Morgan fingerprint density at radius 1 is 1.33 bits per heavy atom. The SMILES string of the molecule is Cc1cc(C(C)(C)C)ccc1OC(C)CC(C)(N)C(=O)O. The van der Waals surface area contributed by atoms with Crippen LogP contribution in [-0.2, 0) is 10.2 Å². The number of benzene rings is 1. The van der Waals surface area contributed by atoms with Gasteiger partial charge in [0.25, 0.3) is 0 Å². The highest BCUT2D eigenvalue weighted by molar-refractivity contribution is 5.77. The highest BCUT2D eigenvalue weighted by atomic mass is 16.5. The summed E-state index contributed by atoms with van der Waals surface area (Å²) in [6.45, 7) is 11.8. The van der Waals surface area contributed by atoms with Crippen LogP contribution in [0.1, 0.15) is 52.2 Å². The van der Waals surface area contributed by atoms with Crippen LogP contribution < -0.4 is 10.5 Å². The van der Waals surface area contributed by atoms with E-state index in [-0.39, 0.29) is 17.9 Å². The van der Waals surface area contributed by atoms with Crippen molar-refractivity contribution in [2.75, 3.05) is 0 Å². The van der Waals surface area contributed by atoms with E-state index in [4.69, 9.17) is 15.6 Å². The number of aryl methyl sites for hydroxylation is 1. The smallest absolute Gasteiger partial charge is 0.323 e. The molecule has 0 aliphatic rings. The third-order valence-electron chi connectivity index (χ3n) is 3.57. The maximum atomic E-state index is 11.1. The second-order valence-corrected chi connectivity index (χ2v) is 7.09. The second kappa shape index (κ2) is 6.06. The number of hydrogen-bond donors (Lipinski definition) is 2. The minimum Gasteiger partial charge on any atom is -0.490 e. The molecule has 0 aliphatic carbocycles. The molecule has 4 heteroatoms. The van der Waals surface area contributed by atoms with Crippen molar-refractivity contribution in [2.45, 2.75) is 65.0 Å². The Bertz CT molecular complexity index is 515. The lowest BCUT2D eigenvalue weighted by Gasteiger charge is -2.25. The molecule has 21 heavy (non-hydrogen) atoms. The molecule has 0 heterocycles. The summed E-state index contributed by atoms with van der Waals surface area (Å²) in [7, 11) is 0. The van der Waals surface area contributed by atoms with Crippen molar-refractivity contribution >= 4 is 5.97 Å². The fourth-order valence-corrected chi connectivity index (χ4v) is 2.19. The molecular formula is C17H27NO3. The van der Waals surface area contributed by atoms with Gasteiger partial charge in [-0.25, -0.2) is 0 Å². The van der Waals surface area contributed by atoms with Crippen LogP contribution in [0, 0.1) is 6.92 Å². The number of rotatable bonds is 5. The second-order valence-electron chi connectivity index (χ2n) is 7.09.